The van der Waals surface area contributed by atoms with Crippen LogP contribution >= 0.6 is 0 Å². The van der Waals surface area contributed by atoms with Gasteiger partial charge in [0.2, 0.25) is 0 Å². The molecule has 1 aliphatic carbocycles. The second-order valence-corrected chi connectivity index (χ2v) is 2.87. The lowest BCUT2D eigenvalue weighted by Crippen LogP contribution is -2.27. The van der Waals surface area contributed by atoms with Gasteiger partial charge in [-0.25, -0.2) is 0 Å². The quantitative estimate of drug-likeness (QED) is 0.612. The molecular formula is C6H4F7. The van der Waals surface area contributed by atoms with Gasteiger partial charge in [-0.3, -0.25) is 0 Å². The summed E-state index contributed by atoms with van der Waals surface area (Å²) >= 11 is 0. The molecular weight excluding hydrogens is 205 g/mol. The van der Waals surface area contributed by atoms with Crippen molar-refractivity contribution in [2.75, 3.05) is 0 Å². The van der Waals surface area contributed by atoms with Crippen LogP contribution in [-0.2, 0) is 0 Å². The van der Waals surface area contributed by atoms with Crippen molar-refractivity contribution in [1.29, 1.82) is 0 Å². The second kappa shape index (κ2) is 2.75. The number of alkyl halides is 5. The molecule has 1 aliphatic rings. The molecule has 0 saturated heterocycles. The van der Waals surface area contributed by atoms with Crippen LogP contribution in [0.1, 0.15) is 6.42 Å². The van der Waals surface area contributed by atoms with E-state index in [-0.39, 0.29) is 0 Å². The largest absolute Gasteiger partial charge is 0.392 e. The minimum Gasteiger partial charge on any atom is -0.199 e. The molecule has 0 N–H and O–H groups in total. The predicted molar refractivity (Wildman–Crippen MR) is 28.1 cm³/mol. The van der Waals surface area contributed by atoms with Crippen LogP contribution in [0, 0.1) is 18.3 Å². The molecule has 0 aromatic rings. The highest BCUT2D eigenvalue weighted by Gasteiger charge is 2.68. The average Bonchev–Trinajstić information content (AvgIpc) is 2.61. The minimum atomic E-state index is -4.80. The van der Waals surface area contributed by atoms with Crippen LogP contribution in [0.3, 0.4) is 0 Å². The normalized spacial score (nSPS) is 29.5. The first-order valence-electron chi connectivity index (χ1n) is 3.30. The lowest BCUT2D eigenvalue weighted by atomic mass is 10.2. The Morgan fingerprint density at radius 3 is 1.62 bits per heavy atom. The molecule has 0 amide bonds. The highest BCUT2D eigenvalue weighted by molar-refractivity contribution is 5.05. The zero-order valence-electron chi connectivity index (χ0n) is 6.01. The van der Waals surface area contributed by atoms with Crippen molar-refractivity contribution in [3.63, 3.8) is 0 Å². The number of hydrogen-bond acceptors (Lipinski definition) is 0. The van der Waals surface area contributed by atoms with Crippen molar-refractivity contribution >= 4 is 0 Å². The van der Waals surface area contributed by atoms with Gasteiger partial charge in [0.25, 0.3) is 0 Å². The SMILES string of the molecule is F[C](F)C(F)(F)C1CC1C(F)(F)F. The first-order valence-corrected chi connectivity index (χ1v) is 3.30. The van der Waals surface area contributed by atoms with E-state index in [1.54, 1.807) is 0 Å². The Labute approximate surface area is 68.7 Å². The van der Waals surface area contributed by atoms with Crippen LogP contribution in [0.25, 0.3) is 0 Å². The summed E-state index contributed by atoms with van der Waals surface area (Å²) in [5.74, 6) is -9.17. The molecule has 7 heteroatoms. The first-order chi connectivity index (χ1) is 5.67. The average molecular weight is 209 g/mol. The van der Waals surface area contributed by atoms with Crippen LogP contribution in [0.15, 0.2) is 0 Å². The van der Waals surface area contributed by atoms with Crippen LogP contribution < -0.4 is 0 Å². The Balaban J connectivity index is 2.61. The summed E-state index contributed by atoms with van der Waals surface area (Å²) in [7, 11) is 0. The summed E-state index contributed by atoms with van der Waals surface area (Å²) in [6.45, 7) is 0. The maximum atomic E-state index is 12.2. The summed E-state index contributed by atoms with van der Waals surface area (Å²) in [5.41, 5.74) is 0. The van der Waals surface area contributed by atoms with E-state index in [2.05, 4.69) is 0 Å². The van der Waals surface area contributed by atoms with Gasteiger partial charge < -0.3 is 0 Å². The first kappa shape index (κ1) is 10.6. The molecule has 1 fully saturated rings. The summed E-state index contributed by atoms with van der Waals surface area (Å²) in [6.07, 6.45) is -8.97. The number of hydrogen-bond donors (Lipinski definition) is 0. The number of halogens is 7. The summed E-state index contributed by atoms with van der Waals surface area (Å²) in [5, 5.41) is 0. The third kappa shape index (κ3) is 1.88. The Kier molecular flexibility index (Phi) is 2.24. The van der Waals surface area contributed by atoms with Crippen LogP contribution in [0.5, 0.6) is 0 Å². The summed E-state index contributed by atoms with van der Waals surface area (Å²) < 4.78 is 82.5. The third-order valence-electron chi connectivity index (χ3n) is 1.93. The van der Waals surface area contributed by atoms with E-state index in [1.165, 1.54) is 0 Å². The van der Waals surface area contributed by atoms with Crippen molar-refractivity contribution in [2.24, 2.45) is 11.8 Å². The Morgan fingerprint density at radius 1 is 0.923 bits per heavy atom. The number of rotatable bonds is 2. The van der Waals surface area contributed by atoms with Crippen LogP contribution in [-0.4, -0.2) is 12.1 Å². The van der Waals surface area contributed by atoms with Crippen molar-refractivity contribution in [3.8, 4) is 0 Å². The Hall–Kier alpha value is -0.490. The van der Waals surface area contributed by atoms with E-state index in [0.29, 0.717) is 0 Å². The van der Waals surface area contributed by atoms with Gasteiger partial charge in [-0.2, -0.15) is 30.7 Å². The molecule has 0 aromatic carbocycles. The van der Waals surface area contributed by atoms with Gasteiger partial charge in [-0.1, -0.05) is 0 Å². The van der Waals surface area contributed by atoms with Gasteiger partial charge in [-0.05, 0) is 6.42 Å². The molecule has 0 aliphatic heterocycles. The molecule has 0 nitrogen and oxygen atoms in total. The summed E-state index contributed by atoms with van der Waals surface area (Å²) in [4.78, 5) is 0. The molecule has 0 heterocycles. The predicted octanol–water partition coefficient (Wildman–Crippen LogP) is 3.25. The van der Waals surface area contributed by atoms with Crippen molar-refractivity contribution < 1.29 is 30.7 Å². The van der Waals surface area contributed by atoms with Crippen molar-refractivity contribution in [2.45, 2.75) is 18.5 Å². The fourth-order valence-corrected chi connectivity index (χ4v) is 1.10. The molecule has 0 bridgehead atoms. The molecule has 0 spiro atoms. The molecule has 1 radical (unpaired) electrons. The minimum absolute atomic E-state index is 0.923. The molecule has 13 heavy (non-hydrogen) atoms. The standard InChI is InChI=1S/C6H4F7/c7-4(8)5(9,10)2-1-3(2)6(11,12)13/h2-3H,1H2. The fraction of sp³-hybridized carbons (Fsp3) is 0.833. The molecule has 1 rings (SSSR count). The topological polar surface area (TPSA) is 0 Å². The lowest BCUT2D eigenvalue weighted by molar-refractivity contribution is -0.167. The van der Waals surface area contributed by atoms with E-state index in [0.717, 1.165) is 0 Å². The van der Waals surface area contributed by atoms with Gasteiger partial charge in [-0.15, -0.1) is 0 Å². The van der Waals surface area contributed by atoms with E-state index >= 15 is 0 Å². The third-order valence-corrected chi connectivity index (χ3v) is 1.93. The molecule has 1 saturated carbocycles. The zero-order chi connectivity index (χ0) is 10.4. The van der Waals surface area contributed by atoms with Gasteiger partial charge in [0, 0.05) is 5.92 Å². The monoisotopic (exact) mass is 209 g/mol. The molecule has 0 aromatic heterocycles. The van der Waals surface area contributed by atoms with Crippen molar-refractivity contribution in [1.82, 2.24) is 0 Å². The van der Waals surface area contributed by atoms with Gasteiger partial charge in [0.1, 0.15) is 0 Å². The zero-order valence-corrected chi connectivity index (χ0v) is 6.01. The van der Waals surface area contributed by atoms with E-state index < -0.39 is 36.8 Å². The highest BCUT2D eigenvalue weighted by atomic mass is 19.4. The maximum Gasteiger partial charge on any atom is 0.392 e. The van der Waals surface area contributed by atoms with Gasteiger partial charge >= 0.3 is 18.5 Å². The maximum absolute atomic E-state index is 12.2. The van der Waals surface area contributed by atoms with Gasteiger partial charge in [0.15, 0.2) is 0 Å². The van der Waals surface area contributed by atoms with Crippen LogP contribution in [0.4, 0.5) is 30.7 Å². The Morgan fingerprint density at radius 2 is 1.38 bits per heavy atom. The highest BCUT2D eigenvalue weighted by Crippen LogP contribution is 2.59. The smallest absolute Gasteiger partial charge is 0.199 e. The molecule has 2 unspecified atom stereocenters. The van der Waals surface area contributed by atoms with Gasteiger partial charge in [0.05, 0.1) is 5.92 Å². The summed E-state index contributed by atoms with van der Waals surface area (Å²) in [6, 6.07) is 0. The molecule has 77 valence electrons. The van der Waals surface area contributed by atoms with Crippen LogP contribution in [0.2, 0.25) is 0 Å². The Bertz CT molecular complexity index is 194. The van der Waals surface area contributed by atoms with E-state index in [4.69, 9.17) is 0 Å². The second-order valence-electron chi connectivity index (χ2n) is 2.87. The fourth-order valence-electron chi connectivity index (χ4n) is 1.10. The van der Waals surface area contributed by atoms with E-state index in [1.807, 2.05) is 0 Å². The lowest BCUT2D eigenvalue weighted by Gasteiger charge is -2.14. The molecule has 2 atom stereocenters. The van der Waals surface area contributed by atoms with Crippen molar-refractivity contribution in [3.05, 3.63) is 6.43 Å². The van der Waals surface area contributed by atoms with E-state index in [9.17, 15) is 30.7 Å².